The van der Waals surface area contributed by atoms with Gasteiger partial charge in [0.1, 0.15) is 11.5 Å². The molecule has 0 saturated carbocycles. The Morgan fingerprint density at radius 2 is 1.69 bits per heavy atom. The maximum Gasteiger partial charge on any atom is 0.339 e. The van der Waals surface area contributed by atoms with Crippen LogP contribution in [-0.2, 0) is 4.74 Å². The molecule has 3 rings (SSSR count). The molecule has 2 aromatic heterocycles. The van der Waals surface area contributed by atoms with Crippen LogP contribution in [0.4, 0.5) is 0 Å². The maximum absolute atomic E-state index is 13.0. The standard InChI is InChI=1S/C19H18N2O5/c1-11-15(19(23)26-4)10-16-17(20-11)5-6-21(18(16)22)12-7-13(24-2)9-14(8-12)25-3/h5-10H,1-4H3. The highest BCUT2D eigenvalue weighted by Gasteiger charge is 2.15. The number of hydrogen-bond acceptors (Lipinski definition) is 6. The third kappa shape index (κ3) is 2.99. The minimum atomic E-state index is -0.533. The van der Waals surface area contributed by atoms with Gasteiger partial charge in [0.05, 0.1) is 49.2 Å². The highest BCUT2D eigenvalue weighted by Crippen LogP contribution is 2.25. The maximum atomic E-state index is 13.0. The smallest absolute Gasteiger partial charge is 0.339 e. The predicted molar refractivity (Wildman–Crippen MR) is 96.5 cm³/mol. The fraction of sp³-hybridized carbons (Fsp3) is 0.211. The molecule has 0 radical (unpaired) electrons. The molecule has 0 fully saturated rings. The summed E-state index contributed by atoms with van der Waals surface area (Å²) in [5.41, 5.74) is 1.54. The molecular formula is C19H18N2O5. The van der Waals surface area contributed by atoms with E-state index >= 15 is 0 Å². The molecule has 0 atom stereocenters. The van der Waals surface area contributed by atoms with Crippen LogP contribution in [0.25, 0.3) is 16.6 Å². The molecule has 0 bridgehead atoms. The average Bonchev–Trinajstić information content (AvgIpc) is 2.66. The van der Waals surface area contributed by atoms with Crippen LogP contribution in [0, 0.1) is 6.92 Å². The zero-order valence-electron chi connectivity index (χ0n) is 14.9. The number of nitrogens with zero attached hydrogens (tertiary/aromatic N) is 2. The van der Waals surface area contributed by atoms with Crippen LogP contribution in [0.1, 0.15) is 16.1 Å². The molecule has 2 heterocycles. The first-order valence-electron chi connectivity index (χ1n) is 7.83. The average molecular weight is 354 g/mol. The highest BCUT2D eigenvalue weighted by molar-refractivity contribution is 5.94. The number of carbonyl (C=O) groups excluding carboxylic acids is 1. The lowest BCUT2D eigenvalue weighted by Gasteiger charge is -2.12. The first-order chi connectivity index (χ1) is 12.5. The summed E-state index contributed by atoms with van der Waals surface area (Å²) in [5, 5.41) is 0.320. The lowest BCUT2D eigenvalue weighted by molar-refractivity contribution is 0.0599. The van der Waals surface area contributed by atoms with E-state index in [1.807, 2.05) is 0 Å². The molecule has 7 nitrogen and oxygen atoms in total. The van der Waals surface area contributed by atoms with E-state index in [2.05, 4.69) is 4.98 Å². The topological polar surface area (TPSA) is 79.7 Å². The Morgan fingerprint density at radius 3 is 2.27 bits per heavy atom. The van der Waals surface area contributed by atoms with E-state index in [-0.39, 0.29) is 11.1 Å². The van der Waals surface area contributed by atoms with Crippen LogP contribution in [0.2, 0.25) is 0 Å². The number of carbonyl (C=O) groups is 1. The van der Waals surface area contributed by atoms with Crippen LogP contribution >= 0.6 is 0 Å². The number of rotatable bonds is 4. The van der Waals surface area contributed by atoms with Gasteiger partial charge < -0.3 is 14.2 Å². The van der Waals surface area contributed by atoms with Crippen molar-refractivity contribution in [3.8, 4) is 17.2 Å². The molecule has 0 aliphatic heterocycles. The van der Waals surface area contributed by atoms with Crippen molar-refractivity contribution in [2.75, 3.05) is 21.3 Å². The van der Waals surface area contributed by atoms with Gasteiger partial charge in [-0.3, -0.25) is 14.3 Å². The van der Waals surface area contributed by atoms with Gasteiger partial charge in [0.2, 0.25) is 0 Å². The Bertz CT molecular complexity index is 1030. The molecule has 134 valence electrons. The molecule has 0 saturated heterocycles. The lowest BCUT2D eigenvalue weighted by Crippen LogP contribution is -2.19. The van der Waals surface area contributed by atoms with Crippen molar-refractivity contribution >= 4 is 16.9 Å². The van der Waals surface area contributed by atoms with E-state index < -0.39 is 5.97 Å². The molecular weight excluding hydrogens is 336 g/mol. The van der Waals surface area contributed by atoms with Gasteiger partial charge in [-0.2, -0.15) is 0 Å². The minimum absolute atomic E-state index is 0.262. The van der Waals surface area contributed by atoms with Gasteiger partial charge in [0.15, 0.2) is 0 Å². The summed E-state index contributed by atoms with van der Waals surface area (Å²) < 4.78 is 16.7. The van der Waals surface area contributed by atoms with E-state index in [1.54, 1.807) is 37.4 Å². The molecule has 1 aromatic carbocycles. The normalized spacial score (nSPS) is 10.6. The highest BCUT2D eigenvalue weighted by atomic mass is 16.5. The third-order valence-corrected chi connectivity index (χ3v) is 4.09. The van der Waals surface area contributed by atoms with Gasteiger partial charge in [0.25, 0.3) is 5.56 Å². The Morgan fingerprint density at radius 1 is 1.04 bits per heavy atom. The first kappa shape index (κ1) is 17.5. The molecule has 3 aromatic rings. The summed E-state index contributed by atoms with van der Waals surface area (Å²) in [5.74, 6) is 0.585. The van der Waals surface area contributed by atoms with Crippen LogP contribution in [-0.4, -0.2) is 36.8 Å². The van der Waals surface area contributed by atoms with Crippen molar-refractivity contribution < 1.29 is 19.0 Å². The molecule has 0 aliphatic rings. The lowest BCUT2D eigenvalue weighted by atomic mass is 10.1. The third-order valence-electron chi connectivity index (χ3n) is 4.09. The largest absolute Gasteiger partial charge is 0.497 e. The number of aryl methyl sites for hydroxylation is 1. The quantitative estimate of drug-likeness (QED) is 0.670. The van der Waals surface area contributed by atoms with E-state index in [0.717, 1.165) is 0 Å². The number of esters is 1. The minimum Gasteiger partial charge on any atom is -0.497 e. The summed E-state index contributed by atoms with van der Waals surface area (Å²) in [7, 11) is 4.37. The van der Waals surface area contributed by atoms with Crippen molar-refractivity contribution in [2.45, 2.75) is 6.92 Å². The van der Waals surface area contributed by atoms with Gasteiger partial charge in [0, 0.05) is 24.4 Å². The molecule has 26 heavy (non-hydrogen) atoms. The SMILES string of the molecule is COC(=O)c1cc2c(=O)n(-c3cc(OC)cc(OC)c3)ccc2nc1C. The number of hydrogen-bond donors (Lipinski definition) is 0. The monoisotopic (exact) mass is 354 g/mol. The number of fused-ring (bicyclic) bond motifs is 1. The number of benzene rings is 1. The number of pyridine rings is 2. The Kier molecular flexibility index (Phi) is 4.62. The van der Waals surface area contributed by atoms with Gasteiger partial charge in [-0.15, -0.1) is 0 Å². The van der Waals surface area contributed by atoms with Crippen molar-refractivity contribution in [1.29, 1.82) is 0 Å². The van der Waals surface area contributed by atoms with E-state index in [1.165, 1.54) is 32.0 Å². The summed E-state index contributed by atoms with van der Waals surface area (Å²) in [6.07, 6.45) is 1.63. The van der Waals surface area contributed by atoms with Crippen LogP contribution in [0.3, 0.4) is 0 Å². The van der Waals surface area contributed by atoms with Gasteiger partial charge >= 0.3 is 5.97 Å². The molecule has 0 spiro atoms. The van der Waals surface area contributed by atoms with Crippen molar-refractivity contribution in [1.82, 2.24) is 9.55 Å². The molecule has 0 N–H and O–H groups in total. The summed E-state index contributed by atoms with van der Waals surface area (Å²) >= 11 is 0. The van der Waals surface area contributed by atoms with E-state index in [0.29, 0.717) is 33.8 Å². The van der Waals surface area contributed by atoms with Crippen molar-refractivity contribution in [3.05, 3.63) is 58.1 Å². The number of methoxy groups -OCH3 is 3. The molecule has 7 heteroatoms. The zero-order valence-corrected chi connectivity index (χ0v) is 14.9. The fourth-order valence-electron chi connectivity index (χ4n) is 2.72. The van der Waals surface area contributed by atoms with Crippen molar-refractivity contribution in [3.63, 3.8) is 0 Å². The Hall–Kier alpha value is -3.35. The van der Waals surface area contributed by atoms with Crippen LogP contribution < -0.4 is 15.0 Å². The second kappa shape index (κ2) is 6.87. The predicted octanol–water partition coefficient (Wildman–Crippen LogP) is 2.50. The van der Waals surface area contributed by atoms with Gasteiger partial charge in [-0.05, 0) is 19.1 Å². The number of ether oxygens (including phenoxy) is 3. The van der Waals surface area contributed by atoms with Gasteiger partial charge in [-0.25, -0.2) is 4.79 Å². The van der Waals surface area contributed by atoms with Crippen LogP contribution in [0.5, 0.6) is 11.5 Å². The van der Waals surface area contributed by atoms with E-state index in [9.17, 15) is 9.59 Å². The molecule has 0 unspecified atom stereocenters. The summed E-state index contributed by atoms with van der Waals surface area (Å²) in [6, 6.07) is 8.39. The van der Waals surface area contributed by atoms with E-state index in [4.69, 9.17) is 14.2 Å². The first-order valence-corrected chi connectivity index (χ1v) is 7.83. The van der Waals surface area contributed by atoms with Gasteiger partial charge in [-0.1, -0.05) is 0 Å². The fourth-order valence-corrected chi connectivity index (χ4v) is 2.72. The summed E-state index contributed by atoms with van der Waals surface area (Å²) in [6.45, 7) is 1.70. The number of aromatic nitrogens is 2. The van der Waals surface area contributed by atoms with Crippen LogP contribution in [0.15, 0.2) is 41.3 Å². The van der Waals surface area contributed by atoms with Crippen molar-refractivity contribution in [2.24, 2.45) is 0 Å². The Balaban J connectivity index is 2.26. The molecule has 0 aliphatic carbocycles. The second-order valence-electron chi connectivity index (χ2n) is 5.61. The Labute approximate surface area is 149 Å². The second-order valence-corrected chi connectivity index (χ2v) is 5.61. The summed E-state index contributed by atoms with van der Waals surface area (Å²) in [4.78, 5) is 29.2. The molecule has 0 amide bonds. The zero-order chi connectivity index (χ0) is 18.8.